The molecule has 0 aliphatic heterocycles. The quantitative estimate of drug-likeness (QED) is 0.658. The number of carboxylic acid groups (broad SMARTS) is 1. The van der Waals surface area contributed by atoms with Crippen LogP contribution in [0, 0.1) is 0 Å². The van der Waals surface area contributed by atoms with Crippen molar-refractivity contribution in [3.8, 4) is 0 Å². The van der Waals surface area contributed by atoms with E-state index in [9.17, 15) is 14.7 Å². The summed E-state index contributed by atoms with van der Waals surface area (Å²) in [5.41, 5.74) is -1.95. The van der Waals surface area contributed by atoms with Gasteiger partial charge in [-0.1, -0.05) is 23.2 Å². The van der Waals surface area contributed by atoms with Crippen LogP contribution in [0.25, 0.3) is 0 Å². The molecular formula is C9H10Cl2N2O4. The van der Waals surface area contributed by atoms with Gasteiger partial charge in [-0.2, -0.15) is 0 Å². The maximum atomic E-state index is 11.5. The Balaban J connectivity index is 2.65. The first kappa shape index (κ1) is 13.8. The summed E-state index contributed by atoms with van der Waals surface area (Å²) in [5.74, 6) is -2.04. The number of nitrogens with one attached hydrogen (secondary N) is 2. The van der Waals surface area contributed by atoms with Crippen LogP contribution in [0.15, 0.2) is 6.07 Å². The van der Waals surface area contributed by atoms with Crippen molar-refractivity contribution in [1.29, 1.82) is 0 Å². The third-order valence-electron chi connectivity index (χ3n) is 2.02. The number of carbonyl (C=O) groups excluding carboxylic acids is 1. The Morgan fingerprint density at radius 2 is 2.12 bits per heavy atom. The molecule has 94 valence electrons. The standard InChI is InChI=1S/C9H10Cl2N2O4/c1-9(17,8(15)16)3-12-7(14)5-2-4(10)6(11)13-5/h2,13,17H,3H2,1H3,(H,12,14)(H,15,16). The number of aliphatic hydroxyl groups is 1. The highest BCUT2D eigenvalue weighted by atomic mass is 35.5. The Labute approximate surface area is 107 Å². The van der Waals surface area contributed by atoms with E-state index in [1.807, 2.05) is 0 Å². The first-order chi connectivity index (χ1) is 7.74. The van der Waals surface area contributed by atoms with E-state index < -0.39 is 24.0 Å². The lowest BCUT2D eigenvalue weighted by atomic mass is 10.1. The van der Waals surface area contributed by atoms with Crippen molar-refractivity contribution >= 4 is 35.1 Å². The van der Waals surface area contributed by atoms with Gasteiger partial charge in [0.25, 0.3) is 5.91 Å². The average Bonchev–Trinajstić information content (AvgIpc) is 2.56. The van der Waals surface area contributed by atoms with Crippen molar-refractivity contribution in [2.75, 3.05) is 6.54 Å². The van der Waals surface area contributed by atoms with Crippen molar-refractivity contribution in [3.63, 3.8) is 0 Å². The number of amides is 1. The number of H-pyrrole nitrogens is 1. The van der Waals surface area contributed by atoms with Crippen molar-refractivity contribution in [2.45, 2.75) is 12.5 Å². The molecule has 0 radical (unpaired) electrons. The highest BCUT2D eigenvalue weighted by molar-refractivity contribution is 6.41. The average molecular weight is 281 g/mol. The second kappa shape index (κ2) is 4.95. The first-order valence-corrected chi connectivity index (χ1v) is 5.27. The minimum absolute atomic E-state index is 0.0844. The Morgan fingerprint density at radius 3 is 2.53 bits per heavy atom. The zero-order valence-corrected chi connectivity index (χ0v) is 10.3. The fourth-order valence-corrected chi connectivity index (χ4v) is 1.26. The molecule has 1 aromatic rings. The summed E-state index contributed by atoms with van der Waals surface area (Å²) in [6, 6.07) is 1.30. The molecule has 0 spiro atoms. The second-order valence-electron chi connectivity index (χ2n) is 3.61. The molecule has 17 heavy (non-hydrogen) atoms. The summed E-state index contributed by atoms with van der Waals surface area (Å²) in [7, 11) is 0. The Hall–Kier alpha value is -1.24. The lowest BCUT2D eigenvalue weighted by Gasteiger charge is -2.17. The largest absolute Gasteiger partial charge is 0.479 e. The maximum Gasteiger partial charge on any atom is 0.337 e. The molecule has 0 aliphatic carbocycles. The van der Waals surface area contributed by atoms with Gasteiger partial charge in [0, 0.05) is 0 Å². The van der Waals surface area contributed by atoms with E-state index in [-0.39, 0.29) is 15.9 Å². The van der Waals surface area contributed by atoms with Gasteiger partial charge in [-0.3, -0.25) is 4.79 Å². The SMILES string of the molecule is CC(O)(CNC(=O)c1cc(Cl)c(Cl)[nH]1)C(=O)O. The van der Waals surface area contributed by atoms with Gasteiger partial charge in [0.1, 0.15) is 10.8 Å². The number of carbonyl (C=O) groups is 2. The smallest absolute Gasteiger partial charge is 0.337 e. The van der Waals surface area contributed by atoms with Gasteiger partial charge in [0.15, 0.2) is 5.60 Å². The number of hydrogen-bond donors (Lipinski definition) is 4. The van der Waals surface area contributed by atoms with E-state index in [0.29, 0.717) is 0 Å². The summed E-state index contributed by atoms with van der Waals surface area (Å²) in [4.78, 5) is 24.6. The molecule has 0 saturated heterocycles. The molecule has 0 fully saturated rings. The summed E-state index contributed by atoms with van der Waals surface area (Å²) in [6.07, 6.45) is 0. The predicted molar refractivity (Wildman–Crippen MR) is 61.4 cm³/mol. The van der Waals surface area contributed by atoms with E-state index in [4.69, 9.17) is 28.3 Å². The minimum atomic E-state index is -2.03. The Bertz CT molecular complexity index is 436. The Morgan fingerprint density at radius 1 is 1.53 bits per heavy atom. The van der Waals surface area contributed by atoms with Crippen molar-refractivity contribution in [3.05, 3.63) is 21.9 Å². The molecule has 0 aromatic carbocycles. The molecule has 1 aromatic heterocycles. The number of aromatic nitrogens is 1. The highest BCUT2D eigenvalue weighted by Gasteiger charge is 2.30. The second-order valence-corrected chi connectivity index (χ2v) is 4.39. The van der Waals surface area contributed by atoms with Crippen LogP contribution in [0.3, 0.4) is 0 Å². The molecule has 1 amide bonds. The fourth-order valence-electron chi connectivity index (χ4n) is 0.950. The molecular weight excluding hydrogens is 271 g/mol. The number of hydrogen-bond acceptors (Lipinski definition) is 3. The van der Waals surface area contributed by atoms with Crippen molar-refractivity contribution in [2.24, 2.45) is 0 Å². The normalized spacial score (nSPS) is 14.1. The van der Waals surface area contributed by atoms with Gasteiger partial charge in [0.05, 0.1) is 11.6 Å². The van der Waals surface area contributed by atoms with Crippen LogP contribution in [-0.2, 0) is 4.79 Å². The Kier molecular flexibility index (Phi) is 4.03. The van der Waals surface area contributed by atoms with Crippen LogP contribution in [0.1, 0.15) is 17.4 Å². The molecule has 8 heteroatoms. The molecule has 4 N–H and O–H groups in total. The lowest BCUT2D eigenvalue weighted by molar-refractivity contribution is -0.155. The van der Waals surface area contributed by atoms with Gasteiger partial charge in [-0.25, -0.2) is 4.79 Å². The van der Waals surface area contributed by atoms with E-state index in [2.05, 4.69) is 10.3 Å². The van der Waals surface area contributed by atoms with Crippen LogP contribution in [0.2, 0.25) is 10.2 Å². The topological polar surface area (TPSA) is 102 Å². The third kappa shape index (κ3) is 3.36. The van der Waals surface area contributed by atoms with Crippen LogP contribution in [-0.4, -0.2) is 39.2 Å². The van der Waals surface area contributed by atoms with Crippen LogP contribution >= 0.6 is 23.2 Å². The van der Waals surface area contributed by atoms with E-state index in [0.717, 1.165) is 6.92 Å². The summed E-state index contributed by atoms with van der Waals surface area (Å²) in [5, 5.41) is 20.5. The molecule has 1 rings (SSSR count). The van der Waals surface area contributed by atoms with Gasteiger partial charge >= 0.3 is 5.97 Å². The maximum absolute atomic E-state index is 11.5. The van der Waals surface area contributed by atoms with Gasteiger partial charge in [-0.05, 0) is 13.0 Å². The number of rotatable bonds is 4. The molecule has 6 nitrogen and oxygen atoms in total. The first-order valence-electron chi connectivity index (χ1n) is 4.52. The number of aromatic amines is 1. The zero-order valence-electron chi connectivity index (χ0n) is 8.75. The summed E-state index contributed by atoms with van der Waals surface area (Å²) in [6.45, 7) is 0.639. The van der Waals surface area contributed by atoms with E-state index >= 15 is 0 Å². The summed E-state index contributed by atoms with van der Waals surface area (Å²) < 4.78 is 0. The van der Waals surface area contributed by atoms with Gasteiger partial charge in [-0.15, -0.1) is 0 Å². The number of carboxylic acids is 1. The summed E-state index contributed by atoms with van der Waals surface area (Å²) >= 11 is 11.2. The van der Waals surface area contributed by atoms with Crippen LogP contribution < -0.4 is 5.32 Å². The van der Waals surface area contributed by atoms with E-state index in [1.165, 1.54) is 6.07 Å². The number of aliphatic carboxylic acids is 1. The monoisotopic (exact) mass is 280 g/mol. The van der Waals surface area contributed by atoms with Crippen molar-refractivity contribution in [1.82, 2.24) is 10.3 Å². The number of halogens is 2. The molecule has 1 unspecified atom stereocenters. The molecule has 1 heterocycles. The molecule has 0 saturated carbocycles. The highest BCUT2D eigenvalue weighted by Crippen LogP contribution is 2.21. The molecule has 1 atom stereocenters. The van der Waals surface area contributed by atoms with E-state index in [1.54, 1.807) is 0 Å². The molecule has 0 aliphatic rings. The van der Waals surface area contributed by atoms with Gasteiger partial charge < -0.3 is 20.5 Å². The molecule has 0 bridgehead atoms. The van der Waals surface area contributed by atoms with Crippen LogP contribution in [0.4, 0.5) is 0 Å². The predicted octanol–water partition coefficient (Wildman–Crippen LogP) is 0.887. The zero-order chi connectivity index (χ0) is 13.2. The van der Waals surface area contributed by atoms with Crippen molar-refractivity contribution < 1.29 is 19.8 Å². The van der Waals surface area contributed by atoms with Gasteiger partial charge in [0.2, 0.25) is 0 Å². The third-order valence-corrected chi connectivity index (χ3v) is 2.72. The lowest BCUT2D eigenvalue weighted by Crippen LogP contribution is -2.46. The fraction of sp³-hybridized carbons (Fsp3) is 0.333. The van der Waals surface area contributed by atoms with Crippen LogP contribution in [0.5, 0.6) is 0 Å². The minimum Gasteiger partial charge on any atom is -0.479 e.